The molecule has 0 aromatic heterocycles. The molecule has 0 radical (unpaired) electrons. The van der Waals surface area contributed by atoms with Crippen LogP contribution in [0.3, 0.4) is 0 Å². The molecule has 1 aromatic carbocycles. The molecule has 0 N–H and O–H groups in total. The number of benzene rings is 1. The van der Waals surface area contributed by atoms with Crippen LogP contribution in [0.25, 0.3) is 0 Å². The van der Waals surface area contributed by atoms with Gasteiger partial charge < -0.3 is 9.64 Å². The van der Waals surface area contributed by atoms with Gasteiger partial charge in [-0.05, 0) is 38.6 Å². The van der Waals surface area contributed by atoms with Gasteiger partial charge in [0.05, 0.1) is 25.3 Å². The first-order valence-electron chi connectivity index (χ1n) is 7.84. The number of esters is 1. The zero-order valence-corrected chi connectivity index (χ0v) is 14.3. The molecule has 23 heavy (non-hydrogen) atoms. The third kappa shape index (κ3) is 5.84. The summed E-state index contributed by atoms with van der Waals surface area (Å²) in [7, 11) is 3.97. The molecule has 0 aliphatic carbocycles. The second kappa shape index (κ2) is 9.75. The van der Waals surface area contributed by atoms with Crippen molar-refractivity contribution in [3.8, 4) is 6.07 Å². The summed E-state index contributed by atoms with van der Waals surface area (Å²) in [4.78, 5) is 17.9. The van der Waals surface area contributed by atoms with E-state index in [0.717, 1.165) is 12.0 Å². The van der Waals surface area contributed by atoms with E-state index in [1.807, 2.05) is 20.2 Å². The Hall–Kier alpha value is -2.19. The average Bonchev–Trinajstić information content (AvgIpc) is 2.55. The fourth-order valence-corrected chi connectivity index (χ4v) is 2.19. The maximum absolute atomic E-state index is 11.6. The predicted octanol–water partition coefficient (Wildman–Crippen LogP) is 2.63. The molecule has 5 nitrogen and oxygen atoms in total. The number of carbonyl (C=O) groups excluding carboxylic acids is 1. The van der Waals surface area contributed by atoms with E-state index in [1.54, 1.807) is 6.92 Å². The number of nitriles is 1. The third-order valence-corrected chi connectivity index (χ3v) is 3.61. The maximum atomic E-state index is 11.6. The van der Waals surface area contributed by atoms with Crippen LogP contribution in [0, 0.1) is 17.2 Å². The molecule has 0 aliphatic rings. The lowest BCUT2D eigenvalue weighted by Crippen LogP contribution is -2.23. The van der Waals surface area contributed by atoms with Gasteiger partial charge in [-0.25, -0.2) is 0 Å². The van der Waals surface area contributed by atoms with E-state index in [9.17, 15) is 4.79 Å². The maximum Gasteiger partial charge on any atom is 0.328 e. The third-order valence-electron chi connectivity index (χ3n) is 3.61. The summed E-state index contributed by atoms with van der Waals surface area (Å²) in [5.41, 5.74) is 2.45. The van der Waals surface area contributed by atoms with Crippen LogP contribution in [0.5, 0.6) is 0 Å². The van der Waals surface area contributed by atoms with Crippen molar-refractivity contribution >= 4 is 12.2 Å². The lowest BCUT2D eigenvalue weighted by atomic mass is 10.0. The predicted molar refractivity (Wildman–Crippen MR) is 91.3 cm³/mol. The van der Waals surface area contributed by atoms with E-state index in [0.29, 0.717) is 6.54 Å². The van der Waals surface area contributed by atoms with Gasteiger partial charge in [-0.15, -0.1) is 0 Å². The molecular formula is C18H25N3O2. The van der Waals surface area contributed by atoms with Crippen molar-refractivity contribution in [1.29, 1.82) is 5.26 Å². The monoisotopic (exact) mass is 315 g/mol. The smallest absolute Gasteiger partial charge is 0.328 e. The molecule has 0 heterocycles. The first-order chi connectivity index (χ1) is 11.0. The highest BCUT2D eigenvalue weighted by Crippen LogP contribution is 2.19. The Morgan fingerprint density at radius 3 is 2.48 bits per heavy atom. The zero-order chi connectivity index (χ0) is 17.2. The molecule has 2 atom stereocenters. The number of hydrogen-bond donors (Lipinski definition) is 0. The lowest BCUT2D eigenvalue weighted by Gasteiger charge is -2.23. The molecule has 0 saturated heterocycles. The van der Waals surface area contributed by atoms with Crippen LogP contribution in [0.1, 0.15) is 31.0 Å². The summed E-state index contributed by atoms with van der Waals surface area (Å²) in [6.45, 7) is 4.58. The number of nitrogens with zero attached hydrogens (tertiary/aromatic N) is 3. The van der Waals surface area contributed by atoms with Crippen LogP contribution in [0.2, 0.25) is 0 Å². The molecule has 0 aliphatic heterocycles. The molecule has 5 heteroatoms. The SMILES string of the molecule is CCOC(=O)C(C#N)C=NC[C@@H](c1ccc(CC)cc1)N(C)C. The summed E-state index contributed by atoms with van der Waals surface area (Å²) >= 11 is 0. The van der Waals surface area contributed by atoms with Gasteiger partial charge in [-0.1, -0.05) is 31.2 Å². The summed E-state index contributed by atoms with van der Waals surface area (Å²) in [6.07, 6.45) is 2.39. The summed E-state index contributed by atoms with van der Waals surface area (Å²) in [5, 5.41) is 9.02. The van der Waals surface area contributed by atoms with Crippen molar-refractivity contribution in [2.45, 2.75) is 26.3 Å². The van der Waals surface area contributed by atoms with Gasteiger partial charge in [0.25, 0.3) is 0 Å². The minimum atomic E-state index is -0.944. The molecule has 1 unspecified atom stereocenters. The van der Waals surface area contributed by atoms with Crippen molar-refractivity contribution in [2.24, 2.45) is 10.9 Å². The Bertz CT molecular complexity index is 559. The Morgan fingerprint density at radius 1 is 1.35 bits per heavy atom. The van der Waals surface area contributed by atoms with E-state index >= 15 is 0 Å². The standard InChI is InChI=1S/C18H25N3O2/c1-5-14-7-9-15(10-8-14)17(21(3)4)13-20-12-16(11-19)18(22)23-6-2/h7-10,12,16-17H,5-6,13H2,1-4H3/t16?,17-/m0/s1. The van der Waals surface area contributed by atoms with Gasteiger partial charge in [0.2, 0.25) is 0 Å². The highest BCUT2D eigenvalue weighted by molar-refractivity contribution is 5.92. The van der Waals surface area contributed by atoms with Crippen molar-refractivity contribution in [1.82, 2.24) is 4.90 Å². The van der Waals surface area contributed by atoms with Crippen LogP contribution in [0.15, 0.2) is 29.3 Å². The zero-order valence-electron chi connectivity index (χ0n) is 14.3. The van der Waals surface area contributed by atoms with Gasteiger partial charge in [0.15, 0.2) is 5.92 Å². The van der Waals surface area contributed by atoms with Crippen LogP contribution < -0.4 is 0 Å². The Labute approximate surface area is 138 Å². The number of rotatable bonds is 8. The van der Waals surface area contributed by atoms with Crippen molar-refractivity contribution < 1.29 is 9.53 Å². The number of ether oxygens (including phenoxy) is 1. The first kappa shape index (κ1) is 18.9. The molecular weight excluding hydrogens is 290 g/mol. The Balaban J connectivity index is 2.78. The molecule has 0 fully saturated rings. The Morgan fingerprint density at radius 2 is 2.00 bits per heavy atom. The van der Waals surface area contributed by atoms with Gasteiger partial charge in [-0.3, -0.25) is 9.79 Å². The second-order valence-corrected chi connectivity index (χ2v) is 5.45. The highest BCUT2D eigenvalue weighted by atomic mass is 16.5. The Kier molecular flexibility index (Phi) is 8.00. The van der Waals surface area contributed by atoms with Crippen LogP contribution >= 0.6 is 0 Å². The van der Waals surface area contributed by atoms with E-state index in [-0.39, 0.29) is 12.6 Å². The van der Waals surface area contributed by atoms with Gasteiger partial charge >= 0.3 is 5.97 Å². The fourth-order valence-electron chi connectivity index (χ4n) is 2.19. The lowest BCUT2D eigenvalue weighted by molar-refractivity contribution is -0.143. The van der Waals surface area contributed by atoms with E-state index < -0.39 is 11.9 Å². The van der Waals surface area contributed by atoms with Crippen molar-refractivity contribution in [2.75, 3.05) is 27.2 Å². The number of likely N-dealkylation sites (N-methyl/N-ethyl adjacent to an activating group) is 1. The topological polar surface area (TPSA) is 65.7 Å². The normalized spacial score (nSPS) is 13.7. The minimum absolute atomic E-state index is 0.0960. The first-order valence-corrected chi connectivity index (χ1v) is 7.84. The number of hydrogen-bond acceptors (Lipinski definition) is 5. The summed E-state index contributed by atoms with van der Waals surface area (Å²) in [5.74, 6) is -1.49. The fraction of sp³-hybridized carbons (Fsp3) is 0.500. The number of aliphatic imine (C=N–C) groups is 1. The van der Waals surface area contributed by atoms with E-state index in [1.165, 1.54) is 11.8 Å². The summed E-state index contributed by atoms with van der Waals surface area (Å²) < 4.78 is 4.85. The van der Waals surface area contributed by atoms with Gasteiger partial charge in [0, 0.05) is 6.21 Å². The van der Waals surface area contributed by atoms with Crippen LogP contribution in [-0.2, 0) is 16.0 Å². The number of aryl methyl sites for hydroxylation is 1. The van der Waals surface area contributed by atoms with Crippen molar-refractivity contribution in [3.63, 3.8) is 0 Å². The largest absolute Gasteiger partial charge is 0.465 e. The summed E-state index contributed by atoms with van der Waals surface area (Å²) in [6, 6.07) is 10.4. The average molecular weight is 315 g/mol. The number of carbonyl (C=O) groups is 1. The highest BCUT2D eigenvalue weighted by Gasteiger charge is 2.17. The van der Waals surface area contributed by atoms with Gasteiger partial charge in [0.1, 0.15) is 0 Å². The van der Waals surface area contributed by atoms with Crippen LogP contribution in [0.4, 0.5) is 0 Å². The molecule has 0 saturated carbocycles. The molecule has 1 rings (SSSR count). The minimum Gasteiger partial charge on any atom is -0.465 e. The second-order valence-electron chi connectivity index (χ2n) is 5.45. The quantitative estimate of drug-likeness (QED) is 0.546. The van der Waals surface area contributed by atoms with E-state index in [4.69, 9.17) is 10.00 Å². The molecule has 0 spiro atoms. The molecule has 0 amide bonds. The van der Waals surface area contributed by atoms with Crippen molar-refractivity contribution in [3.05, 3.63) is 35.4 Å². The van der Waals surface area contributed by atoms with Crippen LogP contribution in [-0.4, -0.2) is 44.3 Å². The molecule has 1 aromatic rings. The molecule has 124 valence electrons. The van der Waals surface area contributed by atoms with Gasteiger partial charge in [-0.2, -0.15) is 5.26 Å². The van der Waals surface area contributed by atoms with E-state index in [2.05, 4.69) is 41.1 Å². The molecule has 0 bridgehead atoms.